The van der Waals surface area contributed by atoms with Crippen LogP contribution in [0.1, 0.15) is 37.2 Å². The van der Waals surface area contributed by atoms with Gasteiger partial charge in [0.25, 0.3) is 0 Å². The summed E-state index contributed by atoms with van der Waals surface area (Å²) in [6.45, 7) is 0. The molecule has 3 atom stereocenters. The van der Waals surface area contributed by atoms with Crippen molar-refractivity contribution in [3.05, 3.63) is 23.8 Å². The van der Waals surface area contributed by atoms with E-state index in [-0.39, 0.29) is 17.7 Å². The van der Waals surface area contributed by atoms with Crippen LogP contribution < -0.4 is 4.90 Å². The third-order valence-corrected chi connectivity index (χ3v) is 4.71. The number of carbonyl (C=O) groups is 1. The molecule has 19 heavy (non-hydrogen) atoms. The molecule has 0 saturated heterocycles. The van der Waals surface area contributed by atoms with Gasteiger partial charge in [0.15, 0.2) is 0 Å². The monoisotopic (exact) mass is 261 g/mol. The molecule has 0 aromatic heterocycles. The Morgan fingerprint density at radius 1 is 1.32 bits per heavy atom. The van der Waals surface area contributed by atoms with Gasteiger partial charge in [0.2, 0.25) is 0 Å². The van der Waals surface area contributed by atoms with E-state index in [1.165, 1.54) is 0 Å². The van der Waals surface area contributed by atoms with Gasteiger partial charge in [-0.2, -0.15) is 0 Å². The molecule has 2 aliphatic rings. The number of fused-ring (bicyclic) bond motifs is 2. The van der Waals surface area contributed by atoms with E-state index in [0.29, 0.717) is 5.69 Å². The van der Waals surface area contributed by atoms with Gasteiger partial charge in [-0.15, -0.1) is 0 Å². The summed E-state index contributed by atoms with van der Waals surface area (Å²) in [5.74, 6) is -0.902. The standard InChI is InChI=1S/C15H19NO3/c1-16-11-7-3-2-5-9(11)13(15(18)19)10-6-4-8-12(17)14(10)16/h4,6,8-9,11,13,17H,2-3,5,7H2,1H3,(H,18,19). The number of phenols is 1. The molecule has 0 amide bonds. The zero-order valence-corrected chi connectivity index (χ0v) is 11.0. The van der Waals surface area contributed by atoms with Crippen molar-refractivity contribution in [3.8, 4) is 5.75 Å². The Kier molecular flexibility index (Phi) is 2.88. The summed E-state index contributed by atoms with van der Waals surface area (Å²) in [4.78, 5) is 13.8. The van der Waals surface area contributed by atoms with Crippen LogP contribution in [-0.2, 0) is 4.79 Å². The van der Waals surface area contributed by atoms with E-state index in [1.54, 1.807) is 12.1 Å². The second kappa shape index (κ2) is 4.44. The number of para-hydroxylation sites is 1. The Morgan fingerprint density at radius 2 is 2.05 bits per heavy atom. The molecule has 2 N–H and O–H groups in total. The van der Waals surface area contributed by atoms with E-state index in [0.717, 1.165) is 31.2 Å². The lowest BCUT2D eigenvalue weighted by Gasteiger charge is -2.47. The number of carboxylic acid groups (broad SMARTS) is 1. The molecule has 3 rings (SSSR count). The second-order valence-electron chi connectivity index (χ2n) is 5.66. The maximum Gasteiger partial charge on any atom is 0.311 e. The fourth-order valence-electron chi connectivity index (χ4n) is 3.91. The molecule has 0 bridgehead atoms. The number of aliphatic carboxylic acids is 1. The number of nitrogens with zero attached hydrogens (tertiary/aromatic N) is 1. The summed E-state index contributed by atoms with van der Waals surface area (Å²) in [6.07, 6.45) is 4.22. The zero-order valence-electron chi connectivity index (χ0n) is 11.0. The Bertz CT molecular complexity index is 514. The molecular weight excluding hydrogens is 242 g/mol. The molecule has 0 spiro atoms. The number of aromatic hydroxyl groups is 1. The van der Waals surface area contributed by atoms with Crippen LogP contribution in [0, 0.1) is 5.92 Å². The van der Waals surface area contributed by atoms with E-state index in [1.807, 2.05) is 13.1 Å². The molecule has 1 saturated carbocycles. The van der Waals surface area contributed by atoms with E-state index in [9.17, 15) is 15.0 Å². The highest BCUT2D eigenvalue weighted by molar-refractivity contribution is 5.83. The molecule has 102 valence electrons. The van der Waals surface area contributed by atoms with Crippen LogP contribution in [-0.4, -0.2) is 29.3 Å². The van der Waals surface area contributed by atoms with Crippen LogP contribution in [0.3, 0.4) is 0 Å². The largest absolute Gasteiger partial charge is 0.506 e. The predicted octanol–water partition coefficient (Wildman–Crippen LogP) is 2.57. The minimum atomic E-state index is -0.767. The summed E-state index contributed by atoms with van der Waals surface area (Å²) in [5, 5.41) is 19.7. The first-order chi connectivity index (χ1) is 9.11. The summed E-state index contributed by atoms with van der Waals surface area (Å²) in [6, 6.07) is 5.45. The average Bonchev–Trinajstić information content (AvgIpc) is 2.38. The Labute approximate surface area is 112 Å². The first-order valence-corrected chi connectivity index (χ1v) is 6.88. The van der Waals surface area contributed by atoms with Crippen molar-refractivity contribution in [2.75, 3.05) is 11.9 Å². The lowest BCUT2D eigenvalue weighted by Crippen LogP contribution is -2.48. The third kappa shape index (κ3) is 1.78. The third-order valence-electron chi connectivity index (χ3n) is 4.71. The quantitative estimate of drug-likeness (QED) is 0.815. The van der Waals surface area contributed by atoms with Gasteiger partial charge in [-0.3, -0.25) is 4.79 Å². The summed E-state index contributed by atoms with van der Waals surface area (Å²) in [5.41, 5.74) is 1.47. The number of hydrogen-bond donors (Lipinski definition) is 2. The summed E-state index contributed by atoms with van der Waals surface area (Å²) >= 11 is 0. The van der Waals surface area contributed by atoms with Crippen LogP contribution in [0.15, 0.2) is 18.2 Å². The van der Waals surface area contributed by atoms with Crippen molar-refractivity contribution in [3.63, 3.8) is 0 Å². The molecule has 1 aliphatic carbocycles. The summed E-state index contributed by atoms with van der Waals surface area (Å²) < 4.78 is 0. The van der Waals surface area contributed by atoms with E-state index >= 15 is 0 Å². The number of anilines is 1. The molecular formula is C15H19NO3. The molecule has 1 heterocycles. The van der Waals surface area contributed by atoms with Gasteiger partial charge in [-0.1, -0.05) is 25.0 Å². The average molecular weight is 261 g/mol. The maximum absolute atomic E-state index is 11.7. The number of hydrogen-bond acceptors (Lipinski definition) is 3. The van der Waals surface area contributed by atoms with Crippen molar-refractivity contribution in [2.24, 2.45) is 5.92 Å². The van der Waals surface area contributed by atoms with E-state index < -0.39 is 11.9 Å². The predicted molar refractivity (Wildman–Crippen MR) is 72.6 cm³/mol. The van der Waals surface area contributed by atoms with Crippen molar-refractivity contribution in [2.45, 2.75) is 37.6 Å². The van der Waals surface area contributed by atoms with Gasteiger partial charge in [-0.05, 0) is 30.4 Å². The first kappa shape index (κ1) is 12.3. The fraction of sp³-hybridized carbons (Fsp3) is 0.533. The number of phenolic OH excluding ortho intramolecular Hbond substituents is 1. The lowest BCUT2D eigenvalue weighted by molar-refractivity contribution is -0.141. The number of rotatable bonds is 1. The molecule has 1 aromatic rings. The van der Waals surface area contributed by atoms with Gasteiger partial charge >= 0.3 is 5.97 Å². The van der Waals surface area contributed by atoms with Crippen LogP contribution in [0.5, 0.6) is 5.75 Å². The van der Waals surface area contributed by atoms with E-state index in [4.69, 9.17) is 0 Å². The highest BCUT2D eigenvalue weighted by atomic mass is 16.4. The highest BCUT2D eigenvalue weighted by Crippen LogP contribution is 2.49. The first-order valence-electron chi connectivity index (χ1n) is 6.88. The molecule has 4 nitrogen and oxygen atoms in total. The van der Waals surface area contributed by atoms with Gasteiger partial charge < -0.3 is 15.1 Å². The molecule has 3 unspecified atom stereocenters. The van der Waals surface area contributed by atoms with Crippen LogP contribution in [0.2, 0.25) is 0 Å². The zero-order chi connectivity index (χ0) is 13.6. The molecule has 1 aromatic carbocycles. The summed E-state index contributed by atoms with van der Waals surface area (Å²) in [7, 11) is 1.97. The van der Waals surface area contributed by atoms with Crippen molar-refractivity contribution >= 4 is 11.7 Å². The fourth-order valence-corrected chi connectivity index (χ4v) is 3.91. The van der Waals surface area contributed by atoms with Gasteiger partial charge in [0.05, 0.1) is 11.6 Å². The normalized spacial score (nSPS) is 29.5. The van der Waals surface area contributed by atoms with Crippen LogP contribution in [0.4, 0.5) is 5.69 Å². The van der Waals surface area contributed by atoms with Gasteiger partial charge in [0.1, 0.15) is 5.75 Å². The van der Waals surface area contributed by atoms with Gasteiger partial charge in [0, 0.05) is 13.1 Å². The molecule has 1 fully saturated rings. The smallest absolute Gasteiger partial charge is 0.311 e. The Morgan fingerprint density at radius 3 is 2.79 bits per heavy atom. The van der Waals surface area contributed by atoms with Crippen LogP contribution >= 0.6 is 0 Å². The van der Waals surface area contributed by atoms with Crippen molar-refractivity contribution in [1.29, 1.82) is 0 Å². The number of benzene rings is 1. The minimum absolute atomic E-state index is 0.158. The topological polar surface area (TPSA) is 60.8 Å². The maximum atomic E-state index is 11.7. The van der Waals surface area contributed by atoms with Crippen molar-refractivity contribution in [1.82, 2.24) is 0 Å². The Hall–Kier alpha value is -1.71. The lowest BCUT2D eigenvalue weighted by atomic mass is 9.70. The molecule has 4 heteroatoms. The molecule has 1 aliphatic heterocycles. The van der Waals surface area contributed by atoms with E-state index in [2.05, 4.69) is 4.90 Å². The van der Waals surface area contributed by atoms with Gasteiger partial charge in [-0.25, -0.2) is 0 Å². The molecule has 0 radical (unpaired) electrons. The Balaban J connectivity index is 2.16. The SMILES string of the molecule is CN1c2c(O)cccc2C(C(=O)O)C2CCCCC21. The minimum Gasteiger partial charge on any atom is -0.506 e. The second-order valence-corrected chi connectivity index (χ2v) is 5.66. The number of carboxylic acids is 1. The van der Waals surface area contributed by atoms with Crippen molar-refractivity contribution < 1.29 is 15.0 Å². The highest BCUT2D eigenvalue weighted by Gasteiger charge is 2.44. The van der Waals surface area contributed by atoms with Crippen LogP contribution in [0.25, 0.3) is 0 Å².